The first kappa shape index (κ1) is 28.7. The van der Waals surface area contributed by atoms with Gasteiger partial charge in [0.1, 0.15) is 11.4 Å². The van der Waals surface area contributed by atoms with E-state index in [0.717, 1.165) is 12.3 Å². The zero-order valence-corrected chi connectivity index (χ0v) is 20.9. The van der Waals surface area contributed by atoms with E-state index in [2.05, 4.69) is 20.4 Å². The summed E-state index contributed by atoms with van der Waals surface area (Å²) in [5.41, 5.74) is -5.05. The van der Waals surface area contributed by atoms with Crippen LogP contribution in [-0.2, 0) is 18.9 Å². The number of H-pyrrole nitrogens is 1. The molecule has 3 aromatic heterocycles. The first-order valence-electron chi connectivity index (χ1n) is 11.8. The standard InChI is InChI=1S/C25H21F7N6O2/c1-12(5-13(2)36-19-10-35-37-22(39)20(19)25(30,31)32)11-38-4-3-14-6-17(18(26)7-16(14)23(38)40)21-33-8-15(9-34-21)24(27,28)29/h3-4,6-10,12-13H,5,11H2,1-2H3,(H2,36,37,39)/t12-,13-/m0/s1. The molecule has 0 spiro atoms. The Morgan fingerprint density at radius 3 is 2.30 bits per heavy atom. The number of aromatic amines is 1. The van der Waals surface area contributed by atoms with Crippen molar-refractivity contribution >= 4 is 16.5 Å². The van der Waals surface area contributed by atoms with E-state index in [1.165, 1.54) is 22.9 Å². The van der Waals surface area contributed by atoms with Crippen molar-refractivity contribution in [1.82, 2.24) is 24.7 Å². The van der Waals surface area contributed by atoms with E-state index in [1.54, 1.807) is 18.9 Å². The van der Waals surface area contributed by atoms with Crippen molar-refractivity contribution in [2.45, 2.75) is 45.2 Å². The van der Waals surface area contributed by atoms with Crippen molar-refractivity contribution in [3.63, 3.8) is 0 Å². The van der Waals surface area contributed by atoms with Gasteiger partial charge < -0.3 is 9.88 Å². The van der Waals surface area contributed by atoms with Crippen LogP contribution in [0.4, 0.5) is 36.4 Å². The number of alkyl halides is 6. The molecule has 0 radical (unpaired) electrons. The number of hydrogen-bond donors (Lipinski definition) is 2. The van der Waals surface area contributed by atoms with E-state index in [1.807, 2.05) is 0 Å². The summed E-state index contributed by atoms with van der Waals surface area (Å²) in [5.74, 6) is -1.43. The van der Waals surface area contributed by atoms with Gasteiger partial charge in [-0.1, -0.05) is 6.92 Å². The third-order valence-corrected chi connectivity index (χ3v) is 6.09. The van der Waals surface area contributed by atoms with Crippen LogP contribution < -0.4 is 16.4 Å². The minimum Gasteiger partial charge on any atom is -0.381 e. The number of anilines is 1. The summed E-state index contributed by atoms with van der Waals surface area (Å²) in [6.07, 6.45) is -5.84. The summed E-state index contributed by atoms with van der Waals surface area (Å²) in [6, 6.07) is 3.20. The summed E-state index contributed by atoms with van der Waals surface area (Å²) < 4.78 is 94.4. The quantitative estimate of drug-likeness (QED) is 0.295. The Labute approximate surface area is 220 Å². The fraction of sp³-hybridized carbons (Fsp3) is 0.320. The molecule has 0 aliphatic rings. The van der Waals surface area contributed by atoms with Crippen molar-refractivity contribution in [3.05, 3.63) is 80.6 Å². The predicted molar refractivity (Wildman–Crippen MR) is 131 cm³/mol. The van der Waals surface area contributed by atoms with Crippen LogP contribution in [0.3, 0.4) is 0 Å². The summed E-state index contributed by atoms with van der Waals surface area (Å²) in [6.45, 7) is 3.52. The summed E-state index contributed by atoms with van der Waals surface area (Å²) in [4.78, 5) is 31.9. The molecule has 2 atom stereocenters. The van der Waals surface area contributed by atoms with E-state index in [9.17, 15) is 40.3 Å². The van der Waals surface area contributed by atoms with Crippen LogP contribution in [0.25, 0.3) is 22.2 Å². The molecule has 1 aromatic carbocycles. The molecule has 0 bridgehead atoms. The maximum Gasteiger partial charge on any atom is 0.423 e. The lowest BCUT2D eigenvalue weighted by Gasteiger charge is -2.22. The lowest BCUT2D eigenvalue weighted by molar-refractivity contribution is -0.139. The Hall–Kier alpha value is -4.30. The highest BCUT2D eigenvalue weighted by Crippen LogP contribution is 2.32. The van der Waals surface area contributed by atoms with E-state index >= 15 is 0 Å². The number of halogens is 7. The van der Waals surface area contributed by atoms with Crippen molar-refractivity contribution in [3.8, 4) is 11.4 Å². The number of aromatic nitrogens is 5. The van der Waals surface area contributed by atoms with Crippen molar-refractivity contribution in [1.29, 1.82) is 0 Å². The lowest BCUT2D eigenvalue weighted by Crippen LogP contribution is -2.29. The molecular weight excluding hydrogens is 549 g/mol. The maximum atomic E-state index is 14.9. The molecule has 0 saturated carbocycles. The average Bonchev–Trinajstić information content (AvgIpc) is 2.84. The fourth-order valence-electron chi connectivity index (χ4n) is 4.36. The highest BCUT2D eigenvalue weighted by Gasteiger charge is 2.37. The normalized spacial score (nSPS) is 13.8. The van der Waals surface area contributed by atoms with Gasteiger partial charge >= 0.3 is 12.4 Å². The van der Waals surface area contributed by atoms with Gasteiger partial charge in [0.25, 0.3) is 11.1 Å². The molecule has 212 valence electrons. The smallest absolute Gasteiger partial charge is 0.381 e. The fourth-order valence-corrected chi connectivity index (χ4v) is 4.36. The van der Waals surface area contributed by atoms with Gasteiger partial charge in [0.15, 0.2) is 5.82 Å². The van der Waals surface area contributed by atoms with E-state index in [0.29, 0.717) is 24.2 Å². The summed E-state index contributed by atoms with van der Waals surface area (Å²) >= 11 is 0. The Morgan fingerprint density at radius 1 is 1.00 bits per heavy atom. The van der Waals surface area contributed by atoms with Crippen LogP contribution in [0.5, 0.6) is 0 Å². The largest absolute Gasteiger partial charge is 0.423 e. The zero-order chi connectivity index (χ0) is 29.4. The molecule has 0 aliphatic carbocycles. The minimum absolute atomic E-state index is 0.0124. The number of nitrogens with zero attached hydrogens (tertiary/aromatic N) is 4. The van der Waals surface area contributed by atoms with Gasteiger partial charge in [-0.15, -0.1) is 0 Å². The molecule has 40 heavy (non-hydrogen) atoms. The highest BCUT2D eigenvalue weighted by molar-refractivity contribution is 5.86. The number of benzene rings is 1. The van der Waals surface area contributed by atoms with Crippen molar-refractivity contribution in [2.75, 3.05) is 5.32 Å². The molecular formula is C25H21F7N6O2. The second kappa shape index (κ2) is 10.7. The average molecular weight is 570 g/mol. The monoisotopic (exact) mass is 570 g/mol. The van der Waals surface area contributed by atoms with E-state index < -0.39 is 52.1 Å². The summed E-state index contributed by atoms with van der Waals surface area (Å²) in [7, 11) is 0. The predicted octanol–water partition coefficient (Wildman–Crippen LogP) is 5.25. The number of rotatable bonds is 7. The van der Waals surface area contributed by atoms with Crippen molar-refractivity contribution < 1.29 is 30.7 Å². The molecule has 0 fully saturated rings. The first-order chi connectivity index (χ1) is 18.6. The maximum absolute atomic E-state index is 14.9. The van der Waals surface area contributed by atoms with Crippen LogP contribution in [0.2, 0.25) is 0 Å². The molecule has 15 heteroatoms. The van der Waals surface area contributed by atoms with Gasteiger partial charge in [-0.3, -0.25) is 9.59 Å². The highest BCUT2D eigenvalue weighted by atomic mass is 19.4. The zero-order valence-electron chi connectivity index (χ0n) is 20.9. The Morgan fingerprint density at radius 2 is 1.68 bits per heavy atom. The number of nitrogens with one attached hydrogen (secondary N) is 2. The first-order valence-corrected chi connectivity index (χ1v) is 11.8. The third kappa shape index (κ3) is 6.13. The molecule has 8 nitrogen and oxygen atoms in total. The minimum atomic E-state index is -4.89. The molecule has 0 aliphatic heterocycles. The molecule has 0 amide bonds. The van der Waals surface area contributed by atoms with Gasteiger partial charge in [-0.05, 0) is 42.8 Å². The number of pyridine rings is 1. The lowest BCUT2D eigenvalue weighted by atomic mass is 10.0. The van der Waals surface area contributed by atoms with Crippen LogP contribution in [0, 0.1) is 11.7 Å². The number of fused-ring (bicyclic) bond motifs is 1. The van der Waals surface area contributed by atoms with Gasteiger partial charge in [0, 0.05) is 31.2 Å². The molecule has 3 heterocycles. The van der Waals surface area contributed by atoms with E-state index in [-0.39, 0.29) is 29.2 Å². The second-order valence-electron chi connectivity index (χ2n) is 9.36. The molecule has 0 saturated heterocycles. The van der Waals surface area contributed by atoms with Crippen LogP contribution in [0.15, 0.2) is 52.6 Å². The molecule has 4 rings (SSSR count). The summed E-state index contributed by atoms with van der Waals surface area (Å²) in [5, 5.41) is 8.15. The topological polar surface area (TPSA) is 106 Å². The van der Waals surface area contributed by atoms with Gasteiger partial charge in [0.2, 0.25) is 0 Å². The van der Waals surface area contributed by atoms with E-state index in [4.69, 9.17) is 0 Å². The van der Waals surface area contributed by atoms with Crippen LogP contribution >= 0.6 is 0 Å². The van der Waals surface area contributed by atoms with Gasteiger partial charge in [0.05, 0.1) is 28.4 Å². The molecule has 4 aromatic rings. The van der Waals surface area contributed by atoms with Crippen LogP contribution in [-0.4, -0.2) is 30.8 Å². The van der Waals surface area contributed by atoms with Crippen LogP contribution in [0.1, 0.15) is 31.4 Å². The van der Waals surface area contributed by atoms with Gasteiger partial charge in [-0.25, -0.2) is 19.5 Å². The molecule has 0 unspecified atom stereocenters. The SMILES string of the molecule is C[C@@H](C[C@H](C)Nc1cn[nH]c(=O)c1C(F)(F)F)Cn1ccc2cc(-c3ncc(C(F)(F)F)cn3)c(F)cc2c1=O. The Kier molecular flexibility index (Phi) is 7.67. The third-order valence-electron chi connectivity index (χ3n) is 6.09. The molecule has 2 N–H and O–H groups in total. The Balaban J connectivity index is 1.51. The Bertz CT molecular complexity index is 1650. The van der Waals surface area contributed by atoms with Gasteiger partial charge in [-0.2, -0.15) is 31.4 Å². The second-order valence-corrected chi connectivity index (χ2v) is 9.36. The number of hydrogen-bond acceptors (Lipinski definition) is 6. The van der Waals surface area contributed by atoms with Crippen molar-refractivity contribution in [2.24, 2.45) is 5.92 Å².